The van der Waals surface area contributed by atoms with Crippen LogP contribution in [0.3, 0.4) is 0 Å². The number of likely N-dealkylation sites (N-methyl/N-ethyl adjacent to an activating group) is 1. The Hall–Kier alpha value is -1.13. The number of hydrogen-bond acceptors (Lipinski definition) is 3. The van der Waals surface area contributed by atoms with Crippen molar-refractivity contribution in [3.63, 3.8) is 0 Å². The zero-order valence-corrected chi connectivity index (χ0v) is 9.81. The number of benzene rings is 1. The molecule has 1 aromatic rings. The van der Waals surface area contributed by atoms with Gasteiger partial charge >= 0.3 is 0 Å². The molecule has 0 fully saturated rings. The first-order valence-corrected chi connectivity index (χ1v) is 5.29. The molecule has 0 amide bonds. The Balaban J connectivity index is 3.09. The molecule has 0 aromatic heterocycles. The smallest absolute Gasteiger partial charge is 0.146 e. The number of aliphatic hydroxyl groups excluding tert-OH is 2. The molecule has 0 radical (unpaired) electrons. The molecule has 0 saturated carbocycles. The summed E-state index contributed by atoms with van der Waals surface area (Å²) in [5.74, 6) is -0.387. The highest BCUT2D eigenvalue weighted by molar-refractivity contribution is 5.55. The van der Waals surface area contributed by atoms with E-state index in [0.29, 0.717) is 17.8 Å². The fourth-order valence-electron chi connectivity index (χ4n) is 1.76. The lowest BCUT2D eigenvalue weighted by Gasteiger charge is -2.25. The minimum absolute atomic E-state index is 0.320. The van der Waals surface area contributed by atoms with Gasteiger partial charge in [0.05, 0.1) is 17.9 Å². The van der Waals surface area contributed by atoms with E-state index < -0.39 is 12.2 Å². The van der Waals surface area contributed by atoms with Crippen LogP contribution in [0.4, 0.5) is 10.1 Å². The number of anilines is 1. The van der Waals surface area contributed by atoms with Crippen LogP contribution in [0.2, 0.25) is 0 Å². The van der Waals surface area contributed by atoms with Gasteiger partial charge in [0, 0.05) is 19.2 Å². The van der Waals surface area contributed by atoms with E-state index in [4.69, 9.17) is 0 Å². The zero-order valence-electron chi connectivity index (χ0n) is 9.81. The second-order valence-corrected chi connectivity index (χ2v) is 4.08. The summed E-state index contributed by atoms with van der Waals surface area (Å²) in [6.45, 7) is 3.55. The normalized spacial score (nSPS) is 14.6. The van der Waals surface area contributed by atoms with Crippen molar-refractivity contribution in [1.82, 2.24) is 0 Å². The first kappa shape index (κ1) is 12.9. The van der Waals surface area contributed by atoms with Crippen LogP contribution >= 0.6 is 0 Å². The summed E-state index contributed by atoms with van der Waals surface area (Å²) in [6, 6.07) is 4.60. The van der Waals surface area contributed by atoms with Gasteiger partial charge < -0.3 is 15.1 Å². The number of halogens is 1. The number of rotatable bonds is 4. The number of aliphatic hydroxyl groups is 2. The highest BCUT2D eigenvalue weighted by Crippen LogP contribution is 2.28. The van der Waals surface area contributed by atoms with Crippen molar-refractivity contribution < 1.29 is 14.6 Å². The third kappa shape index (κ3) is 2.93. The van der Waals surface area contributed by atoms with E-state index in [1.165, 1.54) is 6.07 Å². The Labute approximate surface area is 95.1 Å². The quantitative estimate of drug-likeness (QED) is 0.822. The summed E-state index contributed by atoms with van der Waals surface area (Å²) in [6.07, 6.45) is -1.28. The minimum atomic E-state index is -0.734. The summed E-state index contributed by atoms with van der Waals surface area (Å²) in [5.41, 5.74) is 0.876. The predicted octanol–water partition coefficient (Wildman–Crippen LogP) is 1.70. The molecular weight excluding hydrogens is 209 g/mol. The Kier molecular flexibility index (Phi) is 4.26. The fraction of sp³-hybridized carbons (Fsp3) is 0.500. The number of para-hydroxylation sites is 1. The van der Waals surface area contributed by atoms with E-state index in [9.17, 15) is 14.6 Å². The van der Waals surface area contributed by atoms with Crippen LogP contribution in [0.1, 0.15) is 25.5 Å². The zero-order chi connectivity index (χ0) is 12.3. The molecule has 0 aliphatic rings. The van der Waals surface area contributed by atoms with Gasteiger partial charge in [-0.2, -0.15) is 0 Å². The molecular formula is C12H18FNO2. The van der Waals surface area contributed by atoms with Crippen molar-refractivity contribution in [1.29, 1.82) is 0 Å². The molecule has 0 aliphatic carbocycles. The van der Waals surface area contributed by atoms with Crippen molar-refractivity contribution in [3.05, 3.63) is 29.6 Å². The lowest BCUT2D eigenvalue weighted by Crippen LogP contribution is -2.28. The van der Waals surface area contributed by atoms with E-state index in [1.807, 2.05) is 0 Å². The van der Waals surface area contributed by atoms with Crippen molar-refractivity contribution in [2.75, 3.05) is 18.5 Å². The van der Waals surface area contributed by atoms with Gasteiger partial charge in [0.25, 0.3) is 0 Å². The van der Waals surface area contributed by atoms with E-state index in [0.717, 1.165) is 0 Å². The molecule has 1 rings (SSSR count). The van der Waals surface area contributed by atoms with Crippen LogP contribution in [0.25, 0.3) is 0 Å². The third-order valence-electron chi connectivity index (χ3n) is 2.39. The number of nitrogens with zero attached hydrogens (tertiary/aromatic N) is 1. The summed E-state index contributed by atoms with van der Waals surface area (Å²) >= 11 is 0. The van der Waals surface area contributed by atoms with Gasteiger partial charge in [0.1, 0.15) is 5.82 Å². The van der Waals surface area contributed by atoms with E-state index in [-0.39, 0.29) is 5.82 Å². The van der Waals surface area contributed by atoms with Crippen molar-refractivity contribution in [3.8, 4) is 0 Å². The molecule has 0 heterocycles. The Morgan fingerprint density at radius 1 is 1.31 bits per heavy atom. The molecule has 1 unspecified atom stereocenters. The van der Waals surface area contributed by atoms with Gasteiger partial charge in [-0.05, 0) is 19.9 Å². The lowest BCUT2D eigenvalue weighted by molar-refractivity contribution is 0.194. The second-order valence-electron chi connectivity index (χ2n) is 4.08. The maximum Gasteiger partial charge on any atom is 0.146 e. The molecule has 3 nitrogen and oxygen atoms in total. The topological polar surface area (TPSA) is 43.7 Å². The van der Waals surface area contributed by atoms with Crippen LogP contribution in [-0.2, 0) is 0 Å². The number of hydrogen-bond donors (Lipinski definition) is 2. The van der Waals surface area contributed by atoms with Gasteiger partial charge in [-0.1, -0.05) is 12.1 Å². The molecule has 0 aliphatic heterocycles. The van der Waals surface area contributed by atoms with E-state index in [1.54, 1.807) is 37.9 Å². The molecule has 0 saturated heterocycles. The van der Waals surface area contributed by atoms with Crippen molar-refractivity contribution >= 4 is 5.69 Å². The van der Waals surface area contributed by atoms with Crippen LogP contribution in [0, 0.1) is 5.82 Å². The predicted molar refractivity (Wildman–Crippen MR) is 62.0 cm³/mol. The average molecular weight is 227 g/mol. The molecule has 1 aromatic carbocycles. The molecule has 2 N–H and O–H groups in total. The van der Waals surface area contributed by atoms with Gasteiger partial charge in [-0.25, -0.2) is 4.39 Å². The monoisotopic (exact) mass is 227 g/mol. The van der Waals surface area contributed by atoms with Gasteiger partial charge in [-0.15, -0.1) is 0 Å². The Morgan fingerprint density at radius 2 is 1.94 bits per heavy atom. The molecule has 0 bridgehead atoms. The Morgan fingerprint density at radius 3 is 2.44 bits per heavy atom. The van der Waals surface area contributed by atoms with Crippen molar-refractivity contribution in [2.24, 2.45) is 0 Å². The maximum atomic E-state index is 13.7. The molecule has 16 heavy (non-hydrogen) atoms. The summed E-state index contributed by atoms with van der Waals surface area (Å²) in [4.78, 5) is 1.61. The second kappa shape index (κ2) is 5.27. The highest BCUT2D eigenvalue weighted by Gasteiger charge is 2.16. The summed E-state index contributed by atoms with van der Waals surface area (Å²) in [5, 5.41) is 18.8. The molecule has 2 atom stereocenters. The van der Waals surface area contributed by atoms with Crippen molar-refractivity contribution in [2.45, 2.75) is 26.1 Å². The third-order valence-corrected chi connectivity index (χ3v) is 2.39. The van der Waals surface area contributed by atoms with Crippen LogP contribution < -0.4 is 4.90 Å². The molecule has 90 valence electrons. The standard InChI is InChI=1S/C12H18FNO2/c1-8(15)7-14(3)12-10(9(2)16)5-4-6-11(12)13/h4-6,8-9,15-16H,7H2,1-3H3/t8?,9-/m0/s1. The first-order chi connectivity index (χ1) is 7.43. The van der Waals surface area contributed by atoms with Crippen LogP contribution in [0.5, 0.6) is 0 Å². The van der Waals surface area contributed by atoms with Crippen LogP contribution in [-0.4, -0.2) is 29.9 Å². The highest BCUT2D eigenvalue weighted by atomic mass is 19.1. The van der Waals surface area contributed by atoms with Gasteiger partial charge in [-0.3, -0.25) is 0 Å². The average Bonchev–Trinajstić information content (AvgIpc) is 2.15. The van der Waals surface area contributed by atoms with Crippen LogP contribution in [0.15, 0.2) is 18.2 Å². The summed E-state index contributed by atoms with van der Waals surface area (Å²) < 4.78 is 13.7. The van der Waals surface area contributed by atoms with E-state index >= 15 is 0 Å². The Bertz CT molecular complexity index is 353. The maximum absolute atomic E-state index is 13.7. The van der Waals surface area contributed by atoms with Gasteiger partial charge in [0.2, 0.25) is 0 Å². The largest absolute Gasteiger partial charge is 0.392 e. The summed E-state index contributed by atoms with van der Waals surface area (Å²) in [7, 11) is 1.69. The SMILES string of the molecule is CC(O)CN(C)c1c(F)cccc1[C@H](C)O. The lowest BCUT2D eigenvalue weighted by atomic mass is 10.1. The minimum Gasteiger partial charge on any atom is -0.392 e. The fourth-order valence-corrected chi connectivity index (χ4v) is 1.76. The molecule has 0 spiro atoms. The van der Waals surface area contributed by atoms with E-state index in [2.05, 4.69) is 0 Å². The first-order valence-electron chi connectivity index (χ1n) is 5.29. The van der Waals surface area contributed by atoms with Gasteiger partial charge in [0.15, 0.2) is 0 Å². The molecule has 4 heteroatoms.